The van der Waals surface area contributed by atoms with E-state index in [1.54, 1.807) is 6.07 Å². The Labute approximate surface area is 93.2 Å². The maximum Gasteiger partial charge on any atom is 0.155 e. The second-order valence-corrected chi connectivity index (χ2v) is 4.35. The molecule has 1 aromatic carbocycles. The van der Waals surface area contributed by atoms with Crippen LogP contribution in [-0.4, -0.2) is 12.3 Å². The molecule has 16 heavy (non-hydrogen) atoms. The molecule has 0 saturated carbocycles. The lowest BCUT2D eigenvalue weighted by Crippen LogP contribution is -2.30. The van der Waals surface area contributed by atoms with Gasteiger partial charge in [0.2, 0.25) is 0 Å². The van der Waals surface area contributed by atoms with E-state index < -0.39 is 0 Å². The second kappa shape index (κ2) is 3.44. The molecule has 1 aliphatic carbocycles. The number of carbonyl (C=O) groups excluding carboxylic acids is 1. The predicted octanol–water partition coefficient (Wildman–Crippen LogP) is 2.05. The summed E-state index contributed by atoms with van der Waals surface area (Å²) in [5.74, 6) is 0.0546. The van der Waals surface area contributed by atoms with Gasteiger partial charge in [0.15, 0.2) is 5.78 Å². The van der Waals surface area contributed by atoms with Crippen molar-refractivity contribution < 1.29 is 9.18 Å². The highest BCUT2D eigenvalue weighted by Crippen LogP contribution is 2.33. The van der Waals surface area contributed by atoms with Crippen LogP contribution in [0.3, 0.4) is 0 Å². The fourth-order valence-electron chi connectivity index (χ4n) is 2.50. The largest absolute Gasteiger partial charge is 0.377 e. The minimum Gasteiger partial charge on any atom is -0.377 e. The Morgan fingerprint density at radius 2 is 2.12 bits per heavy atom. The topological polar surface area (TPSA) is 29.1 Å². The van der Waals surface area contributed by atoms with Gasteiger partial charge in [0, 0.05) is 17.7 Å². The van der Waals surface area contributed by atoms with Crippen LogP contribution in [-0.2, 0) is 11.2 Å². The van der Waals surface area contributed by atoms with Gasteiger partial charge in [-0.3, -0.25) is 4.79 Å². The minimum atomic E-state index is -0.185. The highest BCUT2D eigenvalue weighted by molar-refractivity contribution is 5.90. The van der Waals surface area contributed by atoms with Crippen LogP contribution in [0.4, 0.5) is 4.39 Å². The molecule has 3 heteroatoms. The van der Waals surface area contributed by atoms with Crippen LogP contribution in [0.25, 0.3) is 5.70 Å². The molecular weight excluding hydrogens is 205 g/mol. The molecule has 0 bridgehead atoms. The highest BCUT2D eigenvalue weighted by Gasteiger charge is 2.24. The van der Waals surface area contributed by atoms with Gasteiger partial charge >= 0.3 is 0 Å². The van der Waals surface area contributed by atoms with Crippen LogP contribution in [0.1, 0.15) is 24.0 Å². The Hall–Kier alpha value is -1.64. The van der Waals surface area contributed by atoms with Gasteiger partial charge in [-0.1, -0.05) is 0 Å². The third-order valence-electron chi connectivity index (χ3n) is 3.26. The standard InChI is InChI=1S/C13H12FNO/c14-10-3-4-12-8(5-10)1-2-9-6-11(16)7-15-13(9)12/h3-5,15H,1-2,6-7H2. The molecule has 0 atom stereocenters. The number of rotatable bonds is 0. The molecule has 1 N–H and O–H groups in total. The van der Waals surface area contributed by atoms with Crippen molar-refractivity contribution in [3.05, 3.63) is 40.7 Å². The number of Topliss-reactive ketones (excluding diaryl/α,β-unsaturated/α-hetero) is 1. The van der Waals surface area contributed by atoms with E-state index in [-0.39, 0.29) is 11.6 Å². The summed E-state index contributed by atoms with van der Waals surface area (Å²) in [7, 11) is 0. The lowest BCUT2D eigenvalue weighted by molar-refractivity contribution is -0.117. The van der Waals surface area contributed by atoms with Crippen LogP contribution in [0.2, 0.25) is 0 Å². The Kier molecular flexibility index (Phi) is 2.06. The van der Waals surface area contributed by atoms with Crippen LogP contribution < -0.4 is 5.32 Å². The summed E-state index contributed by atoms with van der Waals surface area (Å²) in [6, 6.07) is 4.88. The number of carbonyl (C=O) groups is 1. The third kappa shape index (κ3) is 1.43. The van der Waals surface area contributed by atoms with Crippen LogP contribution >= 0.6 is 0 Å². The van der Waals surface area contributed by atoms with Crippen molar-refractivity contribution in [3.63, 3.8) is 0 Å². The van der Waals surface area contributed by atoms with Crippen molar-refractivity contribution in [2.24, 2.45) is 0 Å². The van der Waals surface area contributed by atoms with Gasteiger partial charge in [0.25, 0.3) is 0 Å². The first-order chi connectivity index (χ1) is 7.74. The molecule has 0 saturated heterocycles. The van der Waals surface area contributed by atoms with Crippen molar-refractivity contribution in [2.75, 3.05) is 6.54 Å². The van der Waals surface area contributed by atoms with E-state index in [9.17, 15) is 9.18 Å². The molecule has 0 amide bonds. The summed E-state index contributed by atoms with van der Waals surface area (Å²) >= 11 is 0. The first-order valence-electron chi connectivity index (χ1n) is 5.50. The molecular formula is C13H12FNO. The van der Waals surface area contributed by atoms with Crippen LogP contribution in [0.5, 0.6) is 0 Å². The summed E-state index contributed by atoms with van der Waals surface area (Å²) in [5.41, 5.74) is 4.34. The third-order valence-corrected chi connectivity index (χ3v) is 3.26. The molecule has 3 rings (SSSR count). The second-order valence-electron chi connectivity index (χ2n) is 4.35. The first-order valence-corrected chi connectivity index (χ1v) is 5.50. The lowest BCUT2D eigenvalue weighted by Gasteiger charge is -2.27. The van der Waals surface area contributed by atoms with E-state index in [1.807, 2.05) is 6.07 Å². The summed E-state index contributed by atoms with van der Waals surface area (Å²) in [4.78, 5) is 11.3. The molecule has 0 spiro atoms. The molecule has 0 fully saturated rings. The van der Waals surface area contributed by atoms with Crippen molar-refractivity contribution in [2.45, 2.75) is 19.3 Å². The molecule has 2 nitrogen and oxygen atoms in total. The van der Waals surface area contributed by atoms with Crippen LogP contribution in [0, 0.1) is 5.82 Å². The fraction of sp³-hybridized carbons (Fsp3) is 0.308. The molecule has 1 heterocycles. The quantitative estimate of drug-likeness (QED) is 0.720. The molecule has 0 radical (unpaired) electrons. The van der Waals surface area contributed by atoms with Crippen molar-refractivity contribution in [1.82, 2.24) is 5.32 Å². The zero-order valence-electron chi connectivity index (χ0n) is 8.85. The van der Waals surface area contributed by atoms with Crippen molar-refractivity contribution in [3.8, 4) is 0 Å². The van der Waals surface area contributed by atoms with Gasteiger partial charge in [-0.25, -0.2) is 4.39 Å². The number of hydrogen-bond acceptors (Lipinski definition) is 2. The fourth-order valence-corrected chi connectivity index (χ4v) is 2.50. The normalized spacial score (nSPS) is 18.9. The number of halogens is 1. The first kappa shape index (κ1) is 9.58. The zero-order chi connectivity index (χ0) is 11.1. The monoisotopic (exact) mass is 217 g/mol. The summed E-state index contributed by atoms with van der Waals surface area (Å²) in [5, 5.41) is 3.15. The SMILES string of the molecule is O=C1CNC2=C(CCc3cc(F)ccc32)C1. The van der Waals surface area contributed by atoms with E-state index in [0.29, 0.717) is 13.0 Å². The van der Waals surface area contributed by atoms with Gasteiger partial charge < -0.3 is 5.32 Å². The van der Waals surface area contributed by atoms with E-state index in [2.05, 4.69) is 5.32 Å². The average molecular weight is 217 g/mol. The number of aryl methyl sites for hydroxylation is 1. The number of hydrogen-bond donors (Lipinski definition) is 1. The zero-order valence-corrected chi connectivity index (χ0v) is 8.85. The van der Waals surface area contributed by atoms with Gasteiger partial charge in [-0.15, -0.1) is 0 Å². The highest BCUT2D eigenvalue weighted by atomic mass is 19.1. The minimum absolute atomic E-state index is 0.185. The Bertz CT molecular complexity index is 505. The molecule has 1 aromatic rings. The summed E-state index contributed by atoms with van der Waals surface area (Å²) in [6.45, 7) is 0.398. The van der Waals surface area contributed by atoms with Gasteiger partial charge in [0.1, 0.15) is 5.82 Å². The molecule has 82 valence electrons. The van der Waals surface area contributed by atoms with Gasteiger partial charge in [-0.05, 0) is 42.2 Å². The number of ketones is 1. The number of allylic oxidation sites excluding steroid dienone is 1. The predicted molar refractivity (Wildman–Crippen MR) is 59.3 cm³/mol. The summed E-state index contributed by atoms with van der Waals surface area (Å²) in [6.07, 6.45) is 2.25. The lowest BCUT2D eigenvalue weighted by atomic mass is 9.85. The van der Waals surface area contributed by atoms with Gasteiger partial charge in [-0.2, -0.15) is 0 Å². The van der Waals surface area contributed by atoms with E-state index >= 15 is 0 Å². The van der Waals surface area contributed by atoms with Crippen molar-refractivity contribution in [1.29, 1.82) is 0 Å². The van der Waals surface area contributed by atoms with Crippen LogP contribution in [0.15, 0.2) is 23.8 Å². The smallest absolute Gasteiger partial charge is 0.155 e. The number of nitrogens with one attached hydrogen (secondary N) is 1. The van der Waals surface area contributed by atoms with E-state index in [4.69, 9.17) is 0 Å². The van der Waals surface area contributed by atoms with Gasteiger partial charge in [0.05, 0.1) is 6.54 Å². The summed E-state index contributed by atoms with van der Waals surface area (Å²) < 4.78 is 13.1. The maximum atomic E-state index is 13.1. The molecule has 0 unspecified atom stereocenters. The molecule has 1 aliphatic heterocycles. The van der Waals surface area contributed by atoms with E-state index in [0.717, 1.165) is 29.7 Å². The Balaban J connectivity index is 2.10. The molecule has 0 aromatic heterocycles. The average Bonchev–Trinajstić information content (AvgIpc) is 2.28. The maximum absolute atomic E-state index is 13.1. The number of benzene rings is 1. The Morgan fingerprint density at radius 1 is 1.25 bits per heavy atom. The van der Waals surface area contributed by atoms with Crippen molar-refractivity contribution >= 4 is 11.5 Å². The number of fused-ring (bicyclic) bond motifs is 2. The molecule has 2 aliphatic rings. The Morgan fingerprint density at radius 3 is 3.00 bits per heavy atom. The van der Waals surface area contributed by atoms with E-state index in [1.165, 1.54) is 11.6 Å².